The molecule has 8 heteroatoms. The van der Waals surface area contributed by atoms with Crippen LogP contribution in [0.1, 0.15) is 26.5 Å². The Morgan fingerprint density at radius 3 is 2.85 bits per heavy atom. The van der Waals surface area contributed by atoms with Crippen molar-refractivity contribution in [2.24, 2.45) is 0 Å². The first kappa shape index (κ1) is 16.5. The van der Waals surface area contributed by atoms with E-state index in [0.717, 1.165) is 5.56 Å². The van der Waals surface area contributed by atoms with Crippen LogP contribution in [0.3, 0.4) is 0 Å². The van der Waals surface area contributed by atoms with Crippen molar-refractivity contribution in [3.05, 3.63) is 84.2 Å². The Hall–Kier alpha value is -3.94. The molecule has 0 saturated carbocycles. The van der Waals surface area contributed by atoms with E-state index in [9.17, 15) is 9.59 Å². The van der Waals surface area contributed by atoms with E-state index in [1.807, 2.05) is 12.1 Å². The maximum atomic E-state index is 12.4. The lowest BCUT2D eigenvalue weighted by Gasteiger charge is -2.08. The van der Waals surface area contributed by atoms with Crippen molar-refractivity contribution in [2.75, 3.05) is 5.32 Å². The van der Waals surface area contributed by atoms with E-state index < -0.39 is 0 Å². The minimum atomic E-state index is -0.330. The summed E-state index contributed by atoms with van der Waals surface area (Å²) in [6, 6.07) is 13.9. The second-order valence-electron chi connectivity index (χ2n) is 5.83. The largest absolute Gasteiger partial charge is 0.459 e. The van der Waals surface area contributed by atoms with Crippen LogP contribution < -0.4 is 10.6 Å². The highest BCUT2D eigenvalue weighted by molar-refractivity contribution is 6.02. The summed E-state index contributed by atoms with van der Waals surface area (Å²) in [5.41, 5.74) is 2.65. The third-order valence-electron chi connectivity index (χ3n) is 3.94. The van der Waals surface area contributed by atoms with E-state index in [2.05, 4.69) is 20.8 Å². The van der Waals surface area contributed by atoms with Crippen molar-refractivity contribution >= 4 is 23.1 Å². The summed E-state index contributed by atoms with van der Waals surface area (Å²) in [6.07, 6.45) is 4.65. The number of benzene rings is 1. The maximum absolute atomic E-state index is 12.4. The van der Waals surface area contributed by atoms with Gasteiger partial charge in [-0.25, -0.2) is 0 Å². The van der Waals surface area contributed by atoms with Crippen LogP contribution in [0, 0.1) is 0 Å². The number of pyridine rings is 1. The summed E-state index contributed by atoms with van der Waals surface area (Å²) in [7, 11) is 0. The number of hydrogen-bond acceptors (Lipinski definition) is 5. The van der Waals surface area contributed by atoms with Crippen LogP contribution in [0.25, 0.3) is 5.65 Å². The molecular weight excluding hydrogens is 346 g/mol. The van der Waals surface area contributed by atoms with Gasteiger partial charge in [0.05, 0.1) is 11.8 Å². The van der Waals surface area contributed by atoms with Crippen molar-refractivity contribution in [2.45, 2.75) is 6.54 Å². The van der Waals surface area contributed by atoms with Gasteiger partial charge < -0.3 is 15.1 Å². The molecule has 0 spiro atoms. The summed E-state index contributed by atoms with van der Waals surface area (Å²) in [6.45, 7) is 0.323. The number of furan rings is 1. The third-order valence-corrected chi connectivity index (χ3v) is 3.94. The molecule has 0 aliphatic heterocycles. The molecule has 0 aliphatic rings. The van der Waals surface area contributed by atoms with Crippen LogP contribution in [-0.2, 0) is 6.54 Å². The first-order valence-electron chi connectivity index (χ1n) is 8.20. The minimum absolute atomic E-state index is 0.212. The van der Waals surface area contributed by atoms with E-state index in [-0.39, 0.29) is 17.6 Å². The number of carbonyl (C=O) groups is 2. The molecule has 0 bridgehead atoms. The van der Waals surface area contributed by atoms with Crippen molar-refractivity contribution in [3.8, 4) is 0 Å². The zero-order valence-corrected chi connectivity index (χ0v) is 14.1. The Bertz CT molecular complexity index is 1100. The number of fused-ring (bicyclic) bond motifs is 1. The molecular formula is C19H15N5O3. The van der Waals surface area contributed by atoms with E-state index in [1.54, 1.807) is 47.0 Å². The van der Waals surface area contributed by atoms with Crippen molar-refractivity contribution in [1.82, 2.24) is 19.9 Å². The van der Waals surface area contributed by atoms with Gasteiger partial charge in [0.25, 0.3) is 11.8 Å². The van der Waals surface area contributed by atoms with E-state index in [4.69, 9.17) is 4.42 Å². The Balaban J connectivity index is 1.40. The molecule has 0 aliphatic carbocycles. The number of hydrogen-bond donors (Lipinski definition) is 2. The molecule has 27 heavy (non-hydrogen) atoms. The lowest BCUT2D eigenvalue weighted by atomic mass is 10.2. The topological polar surface area (TPSA) is 102 Å². The highest BCUT2D eigenvalue weighted by Crippen LogP contribution is 2.13. The number of carbonyl (C=O) groups excluding carboxylic acids is 2. The summed E-state index contributed by atoms with van der Waals surface area (Å²) in [5, 5.41) is 13.3. The SMILES string of the molecule is O=C(NCc1cccc(NC(=O)c2ccco2)c1)c1ccc2nncn2c1. The Morgan fingerprint density at radius 1 is 1.07 bits per heavy atom. The lowest BCUT2D eigenvalue weighted by Crippen LogP contribution is -2.23. The molecule has 0 saturated heterocycles. The van der Waals surface area contributed by atoms with Gasteiger partial charge in [0, 0.05) is 18.4 Å². The second kappa shape index (κ2) is 7.12. The Labute approximate surface area is 153 Å². The predicted molar refractivity (Wildman–Crippen MR) is 97.3 cm³/mol. The minimum Gasteiger partial charge on any atom is -0.459 e. The van der Waals surface area contributed by atoms with E-state index >= 15 is 0 Å². The predicted octanol–water partition coefficient (Wildman–Crippen LogP) is 2.50. The molecule has 3 aromatic heterocycles. The number of amides is 2. The molecule has 3 heterocycles. The molecule has 0 unspecified atom stereocenters. The average Bonchev–Trinajstić information content (AvgIpc) is 3.37. The molecule has 0 radical (unpaired) electrons. The molecule has 4 aromatic rings. The van der Waals surface area contributed by atoms with Crippen LogP contribution in [0.4, 0.5) is 5.69 Å². The van der Waals surface area contributed by atoms with Gasteiger partial charge in [-0.15, -0.1) is 10.2 Å². The van der Waals surface area contributed by atoms with Crippen molar-refractivity contribution in [1.29, 1.82) is 0 Å². The fourth-order valence-electron chi connectivity index (χ4n) is 2.61. The van der Waals surface area contributed by atoms with Crippen LogP contribution in [0.5, 0.6) is 0 Å². The summed E-state index contributed by atoms with van der Waals surface area (Å²) in [4.78, 5) is 24.4. The molecule has 0 atom stereocenters. The molecule has 0 fully saturated rings. The van der Waals surface area contributed by atoms with Gasteiger partial charge in [0.1, 0.15) is 6.33 Å². The summed E-state index contributed by atoms with van der Waals surface area (Å²) >= 11 is 0. The summed E-state index contributed by atoms with van der Waals surface area (Å²) in [5.74, 6) is -0.308. The summed E-state index contributed by atoms with van der Waals surface area (Å²) < 4.78 is 6.75. The highest BCUT2D eigenvalue weighted by Gasteiger charge is 2.10. The normalized spacial score (nSPS) is 10.7. The second-order valence-corrected chi connectivity index (χ2v) is 5.83. The smallest absolute Gasteiger partial charge is 0.291 e. The van der Waals surface area contributed by atoms with Crippen LogP contribution in [0.15, 0.2) is 71.7 Å². The van der Waals surface area contributed by atoms with Gasteiger partial charge in [0.2, 0.25) is 0 Å². The highest BCUT2D eigenvalue weighted by atomic mass is 16.3. The fraction of sp³-hybridized carbons (Fsp3) is 0.0526. The number of anilines is 1. The zero-order valence-electron chi connectivity index (χ0n) is 14.1. The molecule has 4 rings (SSSR count). The fourth-order valence-corrected chi connectivity index (χ4v) is 2.61. The number of aromatic nitrogens is 3. The molecule has 2 amide bonds. The zero-order chi connectivity index (χ0) is 18.6. The molecule has 8 nitrogen and oxygen atoms in total. The monoisotopic (exact) mass is 361 g/mol. The number of rotatable bonds is 5. The molecule has 134 valence electrons. The molecule has 1 aromatic carbocycles. The maximum Gasteiger partial charge on any atom is 0.291 e. The average molecular weight is 361 g/mol. The number of nitrogens with zero attached hydrogens (tertiary/aromatic N) is 3. The van der Waals surface area contributed by atoms with Gasteiger partial charge in [-0.3, -0.25) is 14.0 Å². The first-order chi connectivity index (χ1) is 13.2. The van der Waals surface area contributed by atoms with Crippen LogP contribution in [-0.4, -0.2) is 26.4 Å². The number of nitrogens with one attached hydrogen (secondary N) is 2. The van der Waals surface area contributed by atoms with Gasteiger partial charge >= 0.3 is 0 Å². The van der Waals surface area contributed by atoms with Gasteiger partial charge in [-0.1, -0.05) is 12.1 Å². The quantitative estimate of drug-likeness (QED) is 0.569. The van der Waals surface area contributed by atoms with E-state index in [1.165, 1.54) is 12.6 Å². The van der Waals surface area contributed by atoms with Crippen LogP contribution >= 0.6 is 0 Å². The van der Waals surface area contributed by atoms with Crippen molar-refractivity contribution < 1.29 is 14.0 Å². The first-order valence-corrected chi connectivity index (χ1v) is 8.20. The van der Waals surface area contributed by atoms with Gasteiger partial charge in [-0.2, -0.15) is 0 Å². The third kappa shape index (κ3) is 3.69. The Morgan fingerprint density at radius 2 is 2.00 bits per heavy atom. The van der Waals surface area contributed by atoms with Gasteiger partial charge in [-0.05, 0) is 42.0 Å². The Kier molecular flexibility index (Phi) is 4.36. The van der Waals surface area contributed by atoms with E-state index in [0.29, 0.717) is 23.4 Å². The van der Waals surface area contributed by atoms with Crippen LogP contribution in [0.2, 0.25) is 0 Å². The van der Waals surface area contributed by atoms with Crippen molar-refractivity contribution in [3.63, 3.8) is 0 Å². The lowest BCUT2D eigenvalue weighted by molar-refractivity contribution is 0.0949. The standard InChI is InChI=1S/C19H15N5O3/c25-18(14-6-7-17-23-21-12-24(17)11-14)20-10-13-3-1-4-15(9-13)22-19(26)16-5-2-8-27-16/h1-9,11-12H,10H2,(H,20,25)(H,22,26). The molecule has 2 N–H and O–H groups in total. The van der Waals surface area contributed by atoms with Gasteiger partial charge in [0.15, 0.2) is 11.4 Å².